The van der Waals surface area contributed by atoms with Gasteiger partial charge in [-0.15, -0.1) is 0 Å². The van der Waals surface area contributed by atoms with Crippen LogP contribution in [0.2, 0.25) is 0 Å². The molecule has 1 aromatic rings. The molecule has 6 heteroatoms. The lowest BCUT2D eigenvalue weighted by Crippen LogP contribution is -2.20. The van der Waals surface area contributed by atoms with Crippen LogP contribution in [0.15, 0.2) is 29.2 Å². The highest BCUT2D eigenvalue weighted by Crippen LogP contribution is 2.30. The normalized spacial score (nSPS) is 15.7. The maximum atomic E-state index is 12.6. The summed E-state index contributed by atoms with van der Waals surface area (Å²) in [6.45, 7) is 3.36. The van der Waals surface area contributed by atoms with Crippen molar-refractivity contribution in [3.63, 3.8) is 0 Å². The zero-order chi connectivity index (χ0) is 13.9. The van der Waals surface area contributed by atoms with Gasteiger partial charge in [-0.05, 0) is 18.1 Å². The molecule has 0 spiro atoms. The number of aliphatic hydroxyl groups is 1. The number of alkyl halides is 2. The van der Waals surface area contributed by atoms with Crippen LogP contribution in [0, 0.1) is 0 Å². The van der Waals surface area contributed by atoms with Gasteiger partial charge in [0.2, 0.25) is 9.84 Å². The third-order valence-corrected chi connectivity index (χ3v) is 4.40. The van der Waals surface area contributed by atoms with Gasteiger partial charge in [-0.25, -0.2) is 8.42 Å². The highest BCUT2D eigenvalue weighted by atomic mass is 32.2. The van der Waals surface area contributed by atoms with Gasteiger partial charge in [-0.3, -0.25) is 0 Å². The van der Waals surface area contributed by atoms with E-state index in [0.29, 0.717) is 6.42 Å². The maximum Gasteiger partial charge on any atom is 0.341 e. The zero-order valence-electron chi connectivity index (χ0n) is 10.2. The predicted molar refractivity (Wildman–Crippen MR) is 64.3 cm³/mol. The van der Waals surface area contributed by atoms with Crippen LogP contribution in [0.1, 0.15) is 31.7 Å². The fourth-order valence-corrected chi connectivity index (χ4v) is 2.82. The van der Waals surface area contributed by atoms with E-state index in [1.54, 1.807) is 19.9 Å². The van der Waals surface area contributed by atoms with Gasteiger partial charge in [0.25, 0.3) is 0 Å². The van der Waals surface area contributed by atoms with E-state index in [2.05, 4.69) is 0 Å². The largest absolute Gasteiger partial charge is 0.393 e. The van der Waals surface area contributed by atoms with E-state index < -0.39 is 32.5 Å². The van der Waals surface area contributed by atoms with E-state index in [-0.39, 0.29) is 5.56 Å². The Balaban J connectivity index is 3.32. The molecular weight excluding hydrogens is 262 g/mol. The second kappa shape index (κ2) is 5.75. The van der Waals surface area contributed by atoms with E-state index in [9.17, 15) is 22.3 Å². The van der Waals surface area contributed by atoms with Gasteiger partial charge in [0.1, 0.15) is 0 Å². The summed E-state index contributed by atoms with van der Waals surface area (Å²) in [5.41, 5.74) is 0.229. The van der Waals surface area contributed by atoms with E-state index in [4.69, 9.17) is 0 Å². The van der Waals surface area contributed by atoms with Crippen molar-refractivity contribution in [3.8, 4) is 0 Å². The SMILES string of the molecule is CCC(O)C(C)c1ccccc1S(=O)(=O)C(F)F. The molecule has 102 valence electrons. The number of benzene rings is 1. The summed E-state index contributed by atoms with van der Waals surface area (Å²) >= 11 is 0. The predicted octanol–water partition coefficient (Wildman–Crippen LogP) is 2.56. The lowest BCUT2D eigenvalue weighted by atomic mass is 9.94. The highest BCUT2D eigenvalue weighted by Gasteiger charge is 2.31. The van der Waals surface area contributed by atoms with Crippen LogP contribution in [0.25, 0.3) is 0 Å². The monoisotopic (exact) mass is 278 g/mol. The molecule has 0 radical (unpaired) electrons. The van der Waals surface area contributed by atoms with Crippen molar-refractivity contribution in [3.05, 3.63) is 29.8 Å². The summed E-state index contributed by atoms with van der Waals surface area (Å²) in [7, 11) is -4.64. The summed E-state index contributed by atoms with van der Waals surface area (Å²) in [5, 5.41) is 9.73. The highest BCUT2D eigenvalue weighted by molar-refractivity contribution is 7.91. The minimum atomic E-state index is -4.64. The molecule has 2 unspecified atom stereocenters. The molecule has 0 aromatic heterocycles. The van der Waals surface area contributed by atoms with Gasteiger partial charge in [-0.2, -0.15) is 8.78 Å². The van der Waals surface area contributed by atoms with E-state index >= 15 is 0 Å². The first-order valence-electron chi connectivity index (χ1n) is 5.61. The van der Waals surface area contributed by atoms with Gasteiger partial charge in [0, 0.05) is 5.92 Å². The number of sulfone groups is 1. The van der Waals surface area contributed by atoms with Crippen LogP contribution in [-0.4, -0.2) is 25.4 Å². The number of hydrogen-bond acceptors (Lipinski definition) is 3. The van der Waals surface area contributed by atoms with Gasteiger partial charge >= 0.3 is 5.76 Å². The minimum Gasteiger partial charge on any atom is -0.393 e. The Morgan fingerprint density at radius 3 is 2.33 bits per heavy atom. The Morgan fingerprint density at radius 2 is 1.83 bits per heavy atom. The molecule has 0 fully saturated rings. The molecule has 0 aliphatic heterocycles. The van der Waals surface area contributed by atoms with Crippen molar-refractivity contribution < 1.29 is 22.3 Å². The lowest BCUT2D eigenvalue weighted by Gasteiger charge is -2.20. The number of halogens is 2. The van der Waals surface area contributed by atoms with Crippen LogP contribution in [-0.2, 0) is 9.84 Å². The molecule has 0 heterocycles. The Kier molecular flexibility index (Phi) is 4.81. The topological polar surface area (TPSA) is 54.4 Å². The van der Waals surface area contributed by atoms with Crippen LogP contribution in [0.3, 0.4) is 0 Å². The van der Waals surface area contributed by atoms with Gasteiger partial charge in [0.05, 0.1) is 11.0 Å². The number of aliphatic hydroxyl groups excluding tert-OH is 1. The Bertz CT molecular complexity index is 500. The van der Waals surface area contributed by atoms with Crippen LogP contribution < -0.4 is 0 Å². The average molecular weight is 278 g/mol. The van der Waals surface area contributed by atoms with Crippen molar-refractivity contribution in [2.24, 2.45) is 0 Å². The van der Waals surface area contributed by atoms with E-state index in [1.165, 1.54) is 12.1 Å². The van der Waals surface area contributed by atoms with Crippen molar-refractivity contribution in [2.75, 3.05) is 0 Å². The summed E-state index contributed by atoms with van der Waals surface area (Å²) in [6, 6.07) is 5.57. The van der Waals surface area contributed by atoms with E-state index in [1.807, 2.05) is 0 Å². The summed E-state index contributed by atoms with van der Waals surface area (Å²) < 4.78 is 48.2. The molecule has 1 rings (SSSR count). The number of rotatable bonds is 5. The van der Waals surface area contributed by atoms with Gasteiger partial charge < -0.3 is 5.11 Å². The standard InChI is InChI=1S/C12H16F2O3S/c1-3-10(15)8(2)9-6-4-5-7-11(9)18(16,17)12(13)14/h4-8,10,12,15H,3H2,1-2H3. The molecule has 3 nitrogen and oxygen atoms in total. The first-order chi connectivity index (χ1) is 8.32. The molecule has 1 aromatic carbocycles. The molecule has 0 bridgehead atoms. The molecule has 0 saturated carbocycles. The Morgan fingerprint density at radius 1 is 1.28 bits per heavy atom. The molecule has 1 N–H and O–H groups in total. The van der Waals surface area contributed by atoms with Crippen molar-refractivity contribution >= 4 is 9.84 Å². The fourth-order valence-electron chi connectivity index (χ4n) is 1.77. The minimum absolute atomic E-state index is 0.229. The van der Waals surface area contributed by atoms with Gasteiger partial charge in [0.15, 0.2) is 0 Å². The molecule has 2 atom stereocenters. The van der Waals surface area contributed by atoms with Crippen LogP contribution in [0.4, 0.5) is 8.78 Å². The molecule has 18 heavy (non-hydrogen) atoms. The molecule has 0 aliphatic rings. The van der Waals surface area contributed by atoms with Gasteiger partial charge in [-0.1, -0.05) is 32.0 Å². The Labute approximate surface area is 105 Å². The zero-order valence-corrected chi connectivity index (χ0v) is 11.0. The third kappa shape index (κ3) is 2.87. The van der Waals surface area contributed by atoms with Crippen molar-refractivity contribution in [1.82, 2.24) is 0 Å². The Hall–Kier alpha value is -1.01. The second-order valence-electron chi connectivity index (χ2n) is 4.11. The molecule has 0 saturated heterocycles. The number of hydrogen-bond donors (Lipinski definition) is 1. The second-order valence-corrected chi connectivity index (χ2v) is 5.99. The lowest BCUT2D eigenvalue weighted by molar-refractivity contribution is 0.144. The summed E-state index contributed by atoms with van der Waals surface area (Å²) in [5.74, 6) is -3.97. The van der Waals surface area contributed by atoms with Crippen molar-refractivity contribution in [1.29, 1.82) is 0 Å². The van der Waals surface area contributed by atoms with E-state index in [0.717, 1.165) is 6.07 Å². The summed E-state index contributed by atoms with van der Waals surface area (Å²) in [4.78, 5) is -0.403. The van der Waals surface area contributed by atoms with Crippen LogP contribution >= 0.6 is 0 Å². The molecular formula is C12H16F2O3S. The fraction of sp³-hybridized carbons (Fsp3) is 0.500. The van der Waals surface area contributed by atoms with Crippen molar-refractivity contribution in [2.45, 2.75) is 42.9 Å². The quantitative estimate of drug-likeness (QED) is 0.900. The van der Waals surface area contributed by atoms with Crippen LogP contribution in [0.5, 0.6) is 0 Å². The maximum absolute atomic E-state index is 12.6. The smallest absolute Gasteiger partial charge is 0.341 e. The first kappa shape index (κ1) is 15.0. The third-order valence-electron chi connectivity index (χ3n) is 2.95. The molecule has 0 aliphatic carbocycles. The average Bonchev–Trinajstić information content (AvgIpc) is 2.36. The first-order valence-corrected chi connectivity index (χ1v) is 7.16. The summed E-state index contributed by atoms with van der Waals surface area (Å²) in [6.07, 6.45) is -0.344. The molecule has 0 amide bonds.